The van der Waals surface area contributed by atoms with Crippen molar-refractivity contribution in [1.82, 2.24) is 5.43 Å². The molecule has 3 N–H and O–H groups in total. The molecule has 0 aromatic carbocycles. The number of nitrogens with one attached hydrogen (secondary N) is 1. The van der Waals surface area contributed by atoms with E-state index in [-0.39, 0.29) is 0 Å². The summed E-state index contributed by atoms with van der Waals surface area (Å²) in [5.41, 5.74) is 4.45. The van der Waals surface area contributed by atoms with E-state index in [4.69, 9.17) is 5.84 Å². The van der Waals surface area contributed by atoms with Crippen molar-refractivity contribution < 1.29 is 0 Å². The maximum Gasteiger partial charge on any atom is 0.0584 e. The van der Waals surface area contributed by atoms with Crippen LogP contribution in [0.4, 0.5) is 0 Å². The van der Waals surface area contributed by atoms with Gasteiger partial charge in [0.1, 0.15) is 0 Å². The molecule has 0 amide bonds. The van der Waals surface area contributed by atoms with E-state index < -0.39 is 0 Å². The van der Waals surface area contributed by atoms with Crippen LogP contribution < -0.4 is 11.3 Å². The Morgan fingerprint density at radius 2 is 1.94 bits per heavy atom. The van der Waals surface area contributed by atoms with Crippen molar-refractivity contribution in [3.63, 3.8) is 0 Å². The van der Waals surface area contributed by atoms with Gasteiger partial charge in [-0.25, -0.2) is 0 Å². The minimum Gasteiger partial charge on any atom is -0.271 e. The molecule has 0 bridgehead atoms. The molecule has 96 valence electrons. The summed E-state index contributed by atoms with van der Waals surface area (Å²) in [5.74, 6) is 8.17. The van der Waals surface area contributed by atoms with Crippen LogP contribution in [0.5, 0.6) is 0 Å². The van der Waals surface area contributed by atoms with E-state index in [9.17, 15) is 0 Å². The standard InChI is InChI=1S/C14H24N2S/c1-9-6-10(2)8-12(7-9)13(16-15)14-11(3)4-5-17-14/h4-5,9-10,12-13,16H,6-8,15H2,1-3H3. The molecule has 1 heterocycles. The third-order valence-electron chi connectivity index (χ3n) is 4.05. The molecule has 1 aliphatic rings. The van der Waals surface area contributed by atoms with Gasteiger partial charge in [0, 0.05) is 4.88 Å². The van der Waals surface area contributed by atoms with E-state index in [0.717, 1.165) is 11.8 Å². The van der Waals surface area contributed by atoms with E-state index in [1.54, 1.807) is 0 Å². The first-order valence-corrected chi connectivity index (χ1v) is 7.50. The minimum atomic E-state index is 0.347. The summed E-state index contributed by atoms with van der Waals surface area (Å²) in [6.07, 6.45) is 3.98. The molecule has 1 saturated carbocycles. The molecule has 2 nitrogen and oxygen atoms in total. The second kappa shape index (κ2) is 5.51. The first-order chi connectivity index (χ1) is 8.11. The summed E-state index contributed by atoms with van der Waals surface area (Å²) in [4.78, 5) is 1.43. The van der Waals surface area contributed by atoms with Crippen LogP contribution in [-0.4, -0.2) is 0 Å². The maximum atomic E-state index is 5.81. The molecule has 17 heavy (non-hydrogen) atoms. The Balaban J connectivity index is 2.15. The first-order valence-electron chi connectivity index (χ1n) is 6.62. The number of hydrogen-bond acceptors (Lipinski definition) is 3. The van der Waals surface area contributed by atoms with Crippen LogP contribution in [0.1, 0.15) is 49.6 Å². The van der Waals surface area contributed by atoms with Crippen LogP contribution in [-0.2, 0) is 0 Å². The summed E-state index contributed by atoms with van der Waals surface area (Å²) in [5, 5.41) is 2.17. The summed E-state index contributed by atoms with van der Waals surface area (Å²) < 4.78 is 0. The van der Waals surface area contributed by atoms with Crippen molar-refractivity contribution >= 4 is 11.3 Å². The van der Waals surface area contributed by atoms with Crippen LogP contribution in [0.2, 0.25) is 0 Å². The van der Waals surface area contributed by atoms with E-state index in [0.29, 0.717) is 12.0 Å². The highest BCUT2D eigenvalue weighted by Gasteiger charge is 2.31. The van der Waals surface area contributed by atoms with Gasteiger partial charge in [-0.3, -0.25) is 11.3 Å². The third-order valence-corrected chi connectivity index (χ3v) is 5.15. The minimum absolute atomic E-state index is 0.347. The molecule has 2 rings (SSSR count). The lowest BCUT2D eigenvalue weighted by Crippen LogP contribution is -2.36. The van der Waals surface area contributed by atoms with Gasteiger partial charge in [-0.15, -0.1) is 11.3 Å². The highest BCUT2D eigenvalue weighted by atomic mass is 32.1. The number of nitrogens with two attached hydrogens (primary N) is 1. The Bertz CT molecular complexity index is 351. The second-order valence-corrected chi connectivity index (χ2v) is 6.74. The predicted octanol–water partition coefficient (Wildman–Crippen LogP) is 3.63. The average Bonchev–Trinajstić information content (AvgIpc) is 2.65. The number of aryl methyl sites for hydroxylation is 1. The van der Waals surface area contributed by atoms with Crippen LogP contribution in [0.25, 0.3) is 0 Å². The van der Waals surface area contributed by atoms with Crippen molar-refractivity contribution in [2.24, 2.45) is 23.6 Å². The molecule has 3 atom stereocenters. The lowest BCUT2D eigenvalue weighted by atomic mass is 9.73. The molecule has 1 aromatic rings. The Morgan fingerprint density at radius 1 is 1.29 bits per heavy atom. The van der Waals surface area contributed by atoms with E-state index >= 15 is 0 Å². The van der Waals surface area contributed by atoms with Crippen LogP contribution in [0.15, 0.2) is 11.4 Å². The molecule has 3 unspecified atom stereocenters. The Morgan fingerprint density at radius 3 is 2.41 bits per heavy atom. The predicted molar refractivity (Wildman–Crippen MR) is 74.8 cm³/mol. The Labute approximate surface area is 109 Å². The summed E-state index contributed by atoms with van der Waals surface area (Å²) in [6, 6.07) is 2.54. The van der Waals surface area contributed by atoms with Gasteiger partial charge in [0.2, 0.25) is 0 Å². The molecule has 0 saturated heterocycles. The van der Waals surface area contributed by atoms with Gasteiger partial charge in [0.25, 0.3) is 0 Å². The van der Waals surface area contributed by atoms with Crippen molar-refractivity contribution in [1.29, 1.82) is 0 Å². The van der Waals surface area contributed by atoms with Gasteiger partial charge in [-0.05, 0) is 60.9 Å². The van der Waals surface area contributed by atoms with Gasteiger partial charge in [0.15, 0.2) is 0 Å². The lowest BCUT2D eigenvalue weighted by Gasteiger charge is -2.36. The number of hydrogen-bond donors (Lipinski definition) is 2. The second-order valence-electron chi connectivity index (χ2n) is 5.79. The molecule has 0 spiro atoms. The van der Waals surface area contributed by atoms with Crippen molar-refractivity contribution in [3.8, 4) is 0 Å². The van der Waals surface area contributed by atoms with Gasteiger partial charge < -0.3 is 0 Å². The highest BCUT2D eigenvalue weighted by Crippen LogP contribution is 2.41. The fraction of sp³-hybridized carbons (Fsp3) is 0.714. The van der Waals surface area contributed by atoms with Crippen molar-refractivity contribution in [3.05, 3.63) is 21.9 Å². The first kappa shape index (κ1) is 13.1. The molecular formula is C14H24N2S. The molecule has 0 radical (unpaired) electrons. The van der Waals surface area contributed by atoms with Gasteiger partial charge in [0.05, 0.1) is 6.04 Å². The summed E-state index contributed by atoms with van der Waals surface area (Å²) >= 11 is 1.84. The lowest BCUT2D eigenvalue weighted by molar-refractivity contribution is 0.178. The average molecular weight is 252 g/mol. The van der Waals surface area contributed by atoms with Gasteiger partial charge >= 0.3 is 0 Å². The number of thiophene rings is 1. The fourth-order valence-electron chi connectivity index (χ4n) is 3.41. The SMILES string of the molecule is Cc1ccsc1C(NN)C1CC(C)CC(C)C1. The summed E-state index contributed by atoms with van der Waals surface area (Å²) in [6.45, 7) is 6.93. The van der Waals surface area contributed by atoms with Crippen LogP contribution >= 0.6 is 11.3 Å². The molecule has 0 aliphatic heterocycles. The Kier molecular flexibility index (Phi) is 4.23. The zero-order valence-electron chi connectivity index (χ0n) is 11.1. The molecular weight excluding hydrogens is 228 g/mol. The maximum absolute atomic E-state index is 5.81. The number of rotatable bonds is 3. The quantitative estimate of drug-likeness (QED) is 0.637. The number of hydrazine groups is 1. The van der Waals surface area contributed by atoms with Crippen molar-refractivity contribution in [2.75, 3.05) is 0 Å². The van der Waals surface area contributed by atoms with Gasteiger partial charge in [-0.2, -0.15) is 0 Å². The Hall–Kier alpha value is -0.380. The highest BCUT2D eigenvalue weighted by molar-refractivity contribution is 7.10. The fourth-order valence-corrected chi connectivity index (χ4v) is 4.49. The van der Waals surface area contributed by atoms with Crippen LogP contribution in [0, 0.1) is 24.7 Å². The van der Waals surface area contributed by atoms with E-state index in [1.807, 2.05) is 11.3 Å². The van der Waals surface area contributed by atoms with Crippen molar-refractivity contribution in [2.45, 2.75) is 46.1 Å². The molecule has 3 heteroatoms. The zero-order valence-corrected chi connectivity index (χ0v) is 11.9. The van der Waals surface area contributed by atoms with Crippen LogP contribution in [0.3, 0.4) is 0 Å². The van der Waals surface area contributed by atoms with Gasteiger partial charge in [-0.1, -0.05) is 13.8 Å². The topological polar surface area (TPSA) is 38.0 Å². The third kappa shape index (κ3) is 2.90. The molecule has 1 aromatic heterocycles. The summed E-state index contributed by atoms with van der Waals surface area (Å²) in [7, 11) is 0. The van der Waals surface area contributed by atoms with E-state index in [2.05, 4.69) is 37.6 Å². The smallest absolute Gasteiger partial charge is 0.0584 e. The zero-order chi connectivity index (χ0) is 12.4. The normalized spacial score (nSPS) is 31.4. The monoisotopic (exact) mass is 252 g/mol. The molecule has 1 fully saturated rings. The van der Waals surface area contributed by atoms with E-state index in [1.165, 1.54) is 29.7 Å². The largest absolute Gasteiger partial charge is 0.271 e. The molecule has 1 aliphatic carbocycles.